The molecule has 1 fully saturated rings. The summed E-state index contributed by atoms with van der Waals surface area (Å²) in [6.45, 7) is 3.53. The molecule has 2 aromatic carbocycles. The predicted molar refractivity (Wildman–Crippen MR) is 137 cm³/mol. The zero-order chi connectivity index (χ0) is 26.1. The number of methoxy groups -OCH3 is 1. The Kier molecular flexibility index (Phi) is 9.52. The van der Waals surface area contributed by atoms with Crippen LogP contribution in [-0.4, -0.2) is 54.8 Å². The van der Waals surface area contributed by atoms with E-state index in [2.05, 4.69) is 5.32 Å². The van der Waals surface area contributed by atoms with Gasteiger partial charge in [-0.3, -0.25) is 24.1 Å². The van der Waals surface area contributed by atoms with E-state index in [1.807, 2.05) is 26.0 Å². The van der Waals surface area contributed by atoms with Gasteiger partial charge in [-0.25, -0.2) is 0 Å². The summed E-state index contributed by atoms with van der Waals surface area (Å²) in [7, 11) is 1.45. The number of ether oxygens (including phenoxy) is 3. The summed E-state index contributed by atoms with van der Waals surface area (Å²) in [4.78, 5) is 50.1. The fourth-order valence-electron chi connectivity index (χ4n) is 3.16. The number of amides is 3. The maximum atomic E-state index is 12.7. The third-order valence-electron chi connectivity index (χ3n) is 5.10. The topological polar surface area (TPSA) is 111 Å². The lowest BCUT2D eigenvalue weighted by molar-refractivity contribution is -0.146. The van der Waals surface area contributed by atoms with Crippen molar-refractivity contribution in [2.45, 2.75) is 26.7 Å². The van der Waals surface area contributed by atoms with E-state index in [4.69, 9.17) is 14.2 Å². The Balaban J connectivity index is 1.61. The molecule has 36 heavy (non-hydrogen) atoms. The second kappa shape index (κ2) is 12.8. The van der Waals surface area contributed by atoms with Crippen LogP contribution < -0.4 is 14.8 Å². The first kappa shape index (κ1) is 26.8. The maximum absolute atomic E-state index is 12.7. The van der Waals surface area contributed by atoms with E-state index in [0.717, 1.165) is 28.6 Å². The van der Waals surface area contributed by atoms with Crippen molar-refractivity contribution >= 4 is 46.5 Å². The average molecular weight is 513 g/mol. The van der Waals surface area contributed by atoms with Gasteiger partial charge in [-0.1, -0.05) is 37.1 Å². The second-order valence-electron chi connectivity index (χ2n) is 7.96. The number of esters is 1. The van der Waals surface area contributed by atoms with Gasteiger partial charge < -0.3 is 19.5 Å². The van der Waals surface area contributed by atoms with E-state index in [9.17, 15) is 19.2 Å². The zero-order valence-corrected chi connectivity index (χ0v) is 21.2. The minimum atomic E-state index is -0.624. The molecule has 190 valence electrons. The summed E-state index contributed by atoms with van der Waals surface area (Å²) in [5, 5.41) is 2.22. The number of carbonyl (C=O) groups is 4. The molecule has 0 unspecified atom stereocenters. The van der Waals surface area contributed by atoms with Gasteiger partial charge >= 0.3 is 5.97 Å². The lowest BCUT2D eigenvalue weighted by Crippen LogP contribution is -2.34. The minimum absolute atomic E-state index is 0.176. The number of imide groups is 1. The van der Waals surface area contributed by atoms with Crippen LogP contribution in [0, 0.1) is 6.92 Å². The predicted octanol–water partition coefficient (Wildman–Crippen LogP) is 4.40. The Labute approximate surface area is 213 Å². The molecule has 0 atom stereocenters. The number of anilines is 1. The number of aryl methyl sites for hydroxylation is 1. The smallest absolute Gasteiger partial charge is 0.326 e. The van der Waals surface area contributed by atoms with Gasteiger partial charge in [-0.2, -0.15) is 0 Å². The van der Waals surface area contributed by atoms with Crippen molar-refractivity contribution in [3.8, 4) is 11.5 Å². The zero-order valence-electron chi connectivity index (χ0n) is 20.4. The normalized spacial score (nSPS) is 14.2. The summed E-state index contributed by atoms with van der Waals surface area (Å²) in [5.41, 5.74) is 2.34. The fourth-order valence-corrected chi connectivity index (χ4v) is 4.00. The number of thioether (sulfide) groups is 1. The number of benzene rings is 2. The van der Waals surface area contributed by atoms with Gasteiger partial charge in [0.15, 0.2) is 18.1 Å². The van der Waals surface area contributed by atoms with Crippen LogP contribution in [0.25, 0.3) is 6.08 Å². The van der Waals surface area contributed by atoms with Crippen LogP contribution in [0.15, 0.2) is 47.4 Å². The molecule has 2 aromatic rings. The molecule has 1 heterocycles. The van der Waals surface area contributed by atoms with Crippen molar-refractivity contribution in [2.75, 3.05) is 32.2 Å². The highest BCUT2D eigenvalue weighted by atomic mass is 32.2. The summed E-state index contributed by atoms with van der Waals surface area (Å²) in [6.07, 6.45) is 3.11. The molecular weight excluding hydrogens is 484 g/mol. The van der Waals surface area contributed by atoms with E-state index in [-0.39, 0.29) is 24.0 Å². The number of rotatable bonds is 11. The molecular formula is C26H28N2O7S. The quantitative estimate of drug-likeness (QED) is 0.268. The lowest BCUT2D eigenvalue weighted by atomic mass is 10.2. The molecule has 1 aliphatic heterocycles. The molecule has 9 nitrogen and oxygen atoms in total. The Morgan fingerprint density at radius 2 is 1.83 bits per heavy atom. The third-order valence-corrected chi connectivity index (χ3v) is 6.01. The molecule has 0 aliphatic carbocycles. The highest BCUT2D eigenvalue weighted by Gasteiger charge is 2.36. The molecule has 0 saturated carbocycles. The molecule has 1 saturated heterocycles. The maximum Gasteiger partial charge on any atom is 0.326 e. The van der Waals surface area contributed by atoms with Gasteiger partial charge in [-0.05, 0) is 61.0 Å². The Morgan fingerprint density at radius 1 is 1.08 bits per heavy atom. The minimum Gasteiger partial charge on any atom is -0.493 e. The van der Waals surface area contributed by atoms with Crippen molar-refractivity contribution in [3.05, 3.63) is 58.5 Å². The van der Waals surface area contributed by atoms with E-state index >= 15 is 0 Å². The van der Waals surface area contributed by atoms with E-state index in [1.165, 1.54) is 13.2 Å². The summed E-state index contributed by atoms with van der Waals surface area (Å²) >= 11 is 0.746. The van der Waals surface area contributed by atoms with Gasteiger partial charge in [0.2, 0.25) is 0 Å². The van der Waals surface area contributed by atoms with Crippen molar-refractivity contribution < 1.29 is 33.4 Å². The monoisotopic (exact) mass is 512 g/mol. The van der Waals surface area contributed by atoms with Crippen LogP contribution in [0.3, 0.4) is 0 Å². The number of nitrogens with one attached hydrogen (secondary N) is 1. The van der Waals surface area contributed by atoms with E-state index < -0.39 is 23.7 Å². The highest BCUT2D eigenvalue weighted by molar-refractivity contribution is 8.18. The van der Waals surface area contributed by atoms with Gasteiger partial charge in [-0.15, -0.1) is 0 Å². The van der Waals surface area contributed by atoms with Gasteiger partial charge in [0.25, 0.3) is 17.1 Å². The third kappa shape index (κ3) is 7.35. The molecule has 10 heteroatoms. The number of carbonyl (C=O) groups excluding carboxylic acids is 4. The average Bonchev–Trinajstić information content (AvgIpc) is 3.11. The molecule has 0 spiro atoms. The number of unbranched alkanes of at least 4 members (excludes halogenated alkanes) is 1. The standard InChI is InChI=1S/C26H28N2O7S/c1-4-5-12-34-24(30)15-28-25(31)22(36-26(28)32)14-18-8-11-20(21(13-18)33-3)35-16-23(29)27-19-9-6-17(2)7-10-19/h6-11,13-14H,4-5,12,15-16H2,1-3H3,(H,27,29)/b22-14+. The van der Waals surface area contributed by atoms with Crippen molar-refractivity contribution in [1.82, 2.24) is 4.90 Å². The van der Waals surface area contributed by atoms with Gasteiger partial charge in [0, 0.05) is 5.69 Å². The molecule has 3 rings (SSSR count). The van der Waals surface area contributed by atoms with Crippen LogP contribution in [-0.2, 0) is 19.1 Å². The van der Waals surface area contributed by atoms with Crippen molar-refractivity contribution in [3.63, 3.8) is 0 Å². The van der Waals surface area contributed by atoms with Crippen molar-refractivity contribution in [2.24, 2.45) is 0 Å². The number of nitrogens with zero attached hydrogens (tertiary/aromatic N) is 1. The van der Waals surface area contributed by atoms with Gasteiger partial charge in [0.1, 0.15) is 6.54 Å². The molecule has 0 radical (unpaired) electrons. The van der Waals surface area contributed by atoms with Crippen LogP contribution in [0.1, 0.15) is 30.9 Å². The Bertz CT molecular complexity index is 1160. The van der Waals surface area contributed by atoms with Gasteiger partial charge in [0.05, 0.1) is 18.6 Å². The molecule has 1 N–H and O–H groups in total. The molecule has 0 aromatic heterocycles. The van der Waals surface area contributed by atoms with Crippen LogP contribution in [0.2, 0.25) is 0 Å². The van der Waals surface area contributed by atoms with E-state index in [1.54, 1.807) is 30.3 Å². The molecule has 3 amide bonds. The van der Waals surface area contributed by atoms with Crippen LogP contribution in [0.5, 0.6) is 11.5 Å². The summed E-state index contributed by atoms with van der Waals surface area (Å²) in [5.74, 6) is -0.819. The highest BCUT2D eigenvalue weighted by Crippen LogP contribution is 2.34. The largest absolute Gasteiger partial charge is 0.493 e. The second-order valence-corrected chi connectivity index (χ2v) is 8.95. The SMILES string of the molecule is CCCCOC(=O)CN1C(=O)S/C(=C/c2ccc(OCC(=O)Nc3ccc(C)cc3)c(OC)c2)C1=O. The number of hydrogen-bond acceptors (Lipinski definition) is 8. The summed E-state index contributed by atoms with van der Waals surface area (Å²) < 4.78 is 16.0. The fraction of sp³-hybridized carbons (Fsp3) is 0.308. The molecule has 1 aliphatic rings. The molecule has 0 bridgehead atoms. The summed E-state index contributed by atoms with van der Waals surface area (Å²) in [6, 6.07) is 12.3. The van der Waals surface area contributed by atoms with E-state index in [0.29, 0.717) is 29.2 Å². The first-order valence-corrected chi connectivity index (χ1v) is 12.2. The van der Waals surface area contributed by atoms with Crippen LogP contribution in [0.4, 0.5) is 10.5 Å². The lowest BCUT2D eigenvalue weighted by Gasteiger charge is -2.12. The van der Waals surface area contributed by atoms with Crippen molar-refractivity contribution in [1.29, 1.82) is 0 Å². The Hall–Kier alpha value is -3.79. The Morgan fingerprint density at radius 3 is 2.53 bits per heavy atom. The first-order valence-electron chi connectivity index (χ1n) is 11.4. The number of hydrogen-bond donors (Lipinski definition) is 1. The first-order chi connectivity index (χ1) is 17.3. The van der Waals surface area contributed by atoms with Crippen LogP contribution >= 0.6 is 11.8 Å².